The molecule has 0 spiro atoms. The summed E-state index contributed by atoms with van der Waals surface area (Å²) in [6.45, 7) is 7.37. The van der Waals surface area contributed by atoms with Gasteiger partial charge in [0.15, 0.2) is 6.10 Å². The Morgan fingerprint density at radius 1 is 1.38 bits per heavy atom. The number of nitrogens with zero attached hydrogens (tertiary/aromatic N) is 1. The van der Waals surface area contributed by atoms with Crippen molar-refractivity contribution in [3.63, 3.8) is 0 Å². The first-order valence-electron chi connectivity index (χ1n) is 8.76. The molecule has 140 valence electrons. The maximum Gasteiger partial charge on any atom is 0.330 e. The summed E-state index contributed by atoms with van der Waals surface area (Å²) in [4.78, 5) is 38.4. The number of carbonyl (C=O) groups is 3. The van der Waals surface area contributed by atoms with Crippen LogP contribution in [-0.2, 0) is 19.1 Å². The van der Waals surface area contributed by atoms with Crippen LogP contribution in [0.4, 0.5) is 5.69 Å². The molecular formula is C19H24N2O4S. The third kappa shape index (κ3) is 3.45. The van der Waals surface area contributed by atoms with Gasteiger partial charge in [0.25, 0.3) is 5.91 Å². The predicted octanol–water partition coefficient (Wildman–Crippen LogP) is 2.63. The Labute approximate surface area is 157 Å². The predicted molar refractivity (Wildman–Crippen MR) is 101 cm³/mol. The molecule has 0 aromatic heterocycles. The number of anilines is 1. The fourth-order valence-electron chi connectivity index (χ4n) is 3.41. The zero-order valence-corrected chi connectivity index (χ0v) is 16.3. The topological polar surface area (TPSA) is 75.7 Å². The summed E-state index contributed by atoms with van der Waals surface area (Å²) in [6, 6.07) is 5.16. The minimum Gasteiger partial charge on any atom is -0.451 e. The smallest absolute Gasteiger partial charge is 0.330 e. The van der Waals surface area contributed by atoms with Crippen molar-refractivity contribution in [2.24, 2.45) is 0 Å². The Kier molecular flexibility index (Phi) is 5.01. The second-order valence-corrected chi connectivity index (χ2v) is 8.65. The molecule has 26 heavy (non-hydrogen) atoms. The lowest BCUT2D eigenvalue weighted by Gasteiger charge is -2.29. The van der Waals surface area contributed by atoms with Crippen molar-refractivity contribution in [2.75, 3.05) is 11.1 Å². The number of rotatable bonds is 4. The van der Waals surface area contributed by atoms with Crippen LogP contribution in [0.15, 0.2) is 18.2 Å². The van der Waals surface area contributed by atoms with E-state index in [9.17, 15) is 14.4 Å². The molecule has 2 amide bonds. The van der Waals surface area contributed by atoms with Crippen molar-refractivity contribution in [2.45, 2.75) is 57.6 Å². The number of benzene rings is 1. The van der Waals surface area contributed by atoms with Gasteiger partial charge >= 0.3 is 5.97 Å². The van der Waals surface area contributed by atoms with E-state index in [-0.39, 0.29) is 16.7 Å². The van der Waals surface area contributed by atoms with Crippen molar-refractivity contribution in [3.05, 3.63) is 29.3 Å². The molecule has 1 aromatic rings. The number of hydrogen-bond donors (Lipinski definition) is 1. The van der Waals surface area contributed by atoms with Crippen molar-refractivity contribution in [1.82, 2.24) is 4.90 Å². The molecule has 0 bridgehead atoms. The number of esters is 1. The van der Waals surface area contributed by atoms with E-state index in [1.807, 2.05) is 39.0 Å². The van der Waals surface area contributed by atoms with Gasteiger partial charge in [-0.1, -0.05) is 12.1 Å². The van der Waals surface area contributed by atoms with Crippen LogP contribution in [-0.4, -0.2) is 45.5 Å². The molecule has 0 radical (unpaired) electrons. The molecule has 1 aromatic carbocycles. The maximum absolute atomic E-state index is 12.6. The molecule has 2 heterocycles. The van der Waals surface area contributed by atoms with Crippen LogP contribution in [0.2, 0.25) is 0 Å². The minimum absolute atomic E-state index is 0.0214. The van der Waals surface area contributed by atoms with Crippen molar-refractivity contribution >= 4 is 35.2 Å². The number of ether oxygens (including phenoxy) is 1. The molecule has 7 heteroatoms. The summed E-state index contributed by atoms with van der Waals surface area (Å²) < 4.78 is 5.38. The van der Waals surface area contributed by atoms with Crippen molar-refractivity contribution in [3.8, 4) is 0 Å². The molecule has 1 N–H and O–H groups in total. The molecule has 2 fully saturated rings. The minimum atomic E-state index is -0.933. The quantitative estimate of drug-likeness (QED) is 0.818. The zero-order valence-electron chi connectivity index (χ0n) is 15.5. The number of nitrogens with one attached hydrogen (secondary N) is 1. The number of amides is 2. The van der Waals surface area contributed by atoms with Crippen molar-refractivity contribution < 1.29 is 19.1 Å². The Morgan fingerprint density at radius 2 is 2.12 bits per heavy atom. The van der Waals surface area contributed by atoms with Gasteiger partial charge in [0.05, 0.1) is 4.87 Å². The average Bonchev–Trinajstić information content (AvgIpc) is 3.07. The Hall–Kier alpha value is -2.02. The molecule has 3 rings (SSSR count). The van der Waals surface area contributed by atoms with E-state index in [0.29, 0.717) is 17.9 Å². The monoisotopic (exact) mass is 376 g/mol. The van der Waals surface area contributed by atoms with Gasteiger partial charge in [-0.25, -0.2) is 4.79 Å². The summed E-state index contributed by atoms with van der Waals surface area (Å²) in [5.41, 5.74) is 2.68. The van der Waals surface area contributed by atoms with E-state index in [2.05, 4.69) is 5.32 Å². The fourth-order valence-corrected chi connectivity index (χ4v) is 4.82. The first-order chi connectivity index (χ1) is 12.2. The SMILES string of the molecule is Cc1ccc(C)c(NC(=O)[C@H](C)OC(=O)[C@@H]2CS[C@@]3(C)CCC(=O)N23)c1. The number of fused-ring (bicyclic) bond motifs is 1. The van der Waals surface area contributed by atoms with Crippen LogP contribution in [0.5, 0.6) is 0 Å². The van der Waals surface area contributed by atoms with E-state index >= 15 is 0 Å². The first-order valence-corrected chi connectivity index (χ1v) is 9.74. The van der Waals surface area contributed by atoms with Gasteiger partial charge in [0.2, 0.25) is 5.91 Å². The highest BCUT2D eigenvalue weighted by Gasteiger charge is 2.53. The lowest BCUT2D eigenvalue weighted by Crippen LogP contribution is -2.48. The molecule has 3 atom stereocenters. The second kappa shape index (κ2) is 6.95. The fraction of sp³-hybridized carbons (Fsp3) is 0.526. The summed E-state index contributed by atoms with van der Waals surface area (Å²) in [5.74, 6) is -0.410. The van der Waals surface area contributed by atoms with Gasteiger partial charge in [-0.3, -0.25) is 9.59 Å². The van der Waals surface area contributed by atoms with Gasteiger partial charge in [-0.05, 0) is 51.3 Å². The lowest BCUT2D eigenvalue weighted by atomic mass is 10.1. The third-order valence-corrected chi connectivity index (χ3v) is 6.54. The molecule has 0 unspecified atom stereocenters. The highest BCUT2D eigenvalue weighted by molar-refractivity contribution is 8.01. The van der Waals surface area contributed by atoms with Crippen LogP contribution < -0.4 is 5.32 Å². The molecule has 0 aliphatic carbocycles. The van der Waals surface area contributed by atoms with E-state index in [1.165, 1.54) is 0 Å². The van der Waals surface area contributed by atoms with E-state index in [0.717, 1.165) is 17.5 Å². The maximum atomic E-state index is 12.6. The van der Waals surface area contributed by atoms with Gasteiger partial charge in [-0.2, -0.15) is 0 Å². The third-order valence-electron chi connectivity index (χ3n) is 5.03. The second-order valence-electron chi connectivity index (χ2n) is 7.15. The Balaban J connectivity index is 1.63. The molecule has 6 nitrogen and oxygen atoms in total. The van der Waals surface area contributed by atoms with Crippen molar-refractivity contribution in [1.29, 1.82) is 0 Å². The highest BCUT2D eigenvalue weighted by Crippen LogP contribution is 2.47. The average molecular weight is 376 g/mol. The summed E-state index contributed by atoms with van der Waals surface area (Å²) in [7, 11) is 0. The molecule has 2 aliphatic rings. The number of thioether (sulfide) groups is 1. The molecule has 2 saturated heterocycles. The van der Waals surface area contributed by atoms with Gasteiger partial charge in [-0.15, -0.1) is 11.8 Å². The van der Waals surface area contributed by atoms with E-state index in [1.54, 1.807) is 23.6 Å². The Morgan fingerprint density at radius 3 is 2.85 bits per heavy atom. The molecular weight excluding hydrogens is 352 g/mol. The number of aryl methyl sites for hydroxylation is 2. The van der Waals surface area contributed by atoms with Crippen LogP contribution in [0, 0.1) is 13.8 Å². The standard InChI is InChI=1S/C19H24N2O4S/c1-11-5-6-12(2)14(9-11)20-17(23)13(3)25-18(24)15-10-26-19(4)8-7-16(22)21(15)19/h5-6,9,13,15H,7-8,10H2,1-4H3,(H,20,23)/t13-,15-,19-/m0/s1. The molecule has 2 aliphatic heterocycles. The zero-order chi connectivity index (χ0) is 19.1. The van der Waals surface area contributed by atoms with Crippen LogP contribution >= 0.6 is 11.8 Å². The molecule has 0 saturated carbocycles. The largest absolute Gasteiger partial charge is 0.451 e. The lowest BCUT2D eigenvalue weighted by molar-refractivity contribution is -0.160. The first kappa shape index (κ1) is 18.8. The van der Waals surface area contributed by atoms with Crippen LogP contribution in [0.25, 0.3) is 0 Å². The van der Waals surface area contributed by atoms with E-state index in [4.69, 9.17) is 4.74 Å². The van der Waals surface area contributed by atoms with Gasteiger partial charge in [0, 0.05) is 17.9 Å². The highest BCUT2D eigenvalue weighted by atomic mass is 32.2. The summed E-state index contributed by atoms with van der Waals surface area (Å²) >= 11 is 1.60. The summed E-state index contributed by atoms with van der Waals surface area (Å²) in [6.07, 6.45) is 0.260. The van der Waals surface area contributed by atoms with Gasteiger partial charge < -0.3 is 15.0 Å². The summed E-state index contributed by atoms with van der Waals surface area (Å²) in [5, 5.41) is 2.81. The van der Waals surface area contributed by atoms with Gasteiger partial charge in [0.1, 0.15) is 6.04 Å². The normalized spacial score (nSPS) is 25.8. The number of hydrogen-bond acceptors (Lipinski definition) is 5. The van der Waals surface area contributed by atoms with E-state index < -0.39 is 18.1 Å². The van der Waals surface area contributed by atoms with Crippen LogP contribution in [0.1, 0.15) is 37.8 Å². The van der Waals surface area contributed by atoms with Crippen LogP contribution in [0.3, 0.4) is 0 Å². The Bertz CT molecular complexity index is 766. The number of carbonyl (C=O) groups excluding carboxylic acids is 3.